The largest absolute Gasteiger partial charge is 0.481 e. The third-order valence-corrected chi connectivity index (χ3v) is 5.90. The molecule has 4 atom stereocenters. The molecule has 1 aromatic rings. The normalized spacial score (nSPS) is 17.9. The van der Waals surface area contributed by atoms with Gasteiger partial charge in [0.2, 0.25) is 17.7 Å². The number of amides is 3. The van der Waals surface area contributed by atoms with Gasteiger partial charge in [0.05, 0.1) is 6.04 Å². The molecule has 11 nitrogen and oxygen atoms in total. The molecule has 4 unspecified atom stereocenters. The monoisotopic (exact) mass is 494 g/mol. The smallest absolute Gasteiger partial charge is 0.327 e. The first-order valence-electron chi connectivity index (χ1n) is 10.9. The summed E-state index contributed by atoms with van der Waals surface area (Å²) < 4.78 is 0. The van der Waals surface area contributed by atoms with Crippen molar-refractivity contribution in [2.24, 2.45) is 5.73 Å². The molecule has 12 heteroatoms. The van der Waals surface area contributed by atoms with Gasteiger partial charge in [-0.05, 0) is 24.8 Å². The second-order valence-electron chi connectivity index (χ2n) is 8.06. The van der Waals surface area contributed by atoms with Gasteiger partial charge in [0.1, 0.15) is 18.1 Å². The van der Waals surface area contributed by atoms with Crippen LogP contribution >= 0.6 is 12.6 Å². The topological polar surface area (TPSA) is 179 Å². The molecule has 0 bridgehead atoms. The van der Waals surface area contributed by atoms with Gasteiger partial charge in [-0.2, -0.15) is 12.6 Å². The molecule has 1 aromatic carbocycles. The van der Waals surface area contributed by atoms with Crippen LogP contribution in [-0.4, -0.2) is 81.2 Å². The Morgan fingerprint density at radius 2 is 1.76 bits per heavy atom. The van der Waals surface area contributed by atoms with E-state index in [1.165, 1.54) is 4.90 Å². The first-order chi connectivity index (χ1) is 16.1. The van der Waals surface area contributed by atoms with Gasteiger partial charge < -0.3 is 31.5 Å². The number of carbonyl (C=O) groups is 5. The lowest BCUT2D eigenvalue weighted by Gasteiger charge is -2.28. The molecule has 0 radical (unpaired) electrons. The third kappa shape index (κ3) is 7.73. The minimum atomic E-state index is -1.25. The number of carboxylic acids is 2. The Bertz CT molecular complexity index is 898. The predicted octanol–water partition coefficient (Wildman–Crippen LogP) is -0.604. The van der Waals surface area contributed by atoms with Crippen LogP contribution in [0.15, 0.2) is 30.3 Å². The Labute approximate surface area is 202 Å². The number of benzene rings is 1. The van der Waals surface area contributed by atoms with E-state index in [4.69, 9.17) is 10.8 Å². The van der Waals surface area contributed by atoms with Gasteiger partial charge in [-0.25, -0.2) is 4.79 Å². The van der Waals surface area contributed by atoms with Crippen molar-refractivity contribution in [3.8, 4) is 0 Å². The number of likely N-dealkylation sites (tertiary alicyclic amines) is 1. The van der Waals surface area contributed by atoms with E-state index >= 15 is 0 Å². The van der Waals surface area contributed by atoms with Gasteiger partial charge in [0, 0.05) is 25.1 Å². The number of carboxylic acid groups (broad SMARTS) is 2. The third-order valence-electron chi connectivity index (χ3n) is 5.54. The van der Waals surface area contributed by atoms with Crippen LogP contribution in [0.5, 0.6) is 0 Å². The molecule has 3 amide bonds. The van der Waals surface area contributed by atoms with Crippen LogP contribution in [0.1, 0.15) is 31.2 Å². The molecule has 0 spiro atoms. The zero-order valence-corrected chi connectivity index (χ0v) is 19.4. The molecule has 0 saturated carbocycles. The summed E-state index contributed by atoms with van der Waals surface area (Å²) in [6.45, 7) is 0.286. The fraction of sp³-hybridized carbons (Fsp3) is 0.500. The van der Waals surface area contributed by atoms with Crippen molar-refractivity contribution in [2.45, 2.75) is 56.3 Å². The van der Waals surface area contributed by atoms with Crippen molar-refractivity contribution in [2.75, 3.05) is 12.3 Å². The SMILES string of the molecule is NC(CCC(=O)O)C(=O)N1CCCC1C(=O)NC(Cc1ccccc1)C(=O)NC(CS)C(=O)O. The van der Waals surface area contributed by atoms with Gasteiger partial charge in [-0.3, -0.25) is 19.2 Å². The van der Waals surface area contributed by atoms with E-state index in [9.17, 15) is 29.1 Å². The molecule has 34 heavy (non-hydrogen) atoms. The van der Waals surface area contributed by atoms with Crippen molar-refractivity contribution in [1.82, 2.24) is 15.5 Å². The summed E-state index contributed by atoms with van der Waals surface area (Å²) in [6.07, 6.45) is 0.685. The number of nitrogens with one attached hydrogen (secondary N) is 2. The molecule has 2 rings (SSSR count). The molecule has 0 aromatic heterocycles. The Morgan fingerprint density at radius 1 is 1.09 bits per heavy atom. The number of hydrogen-bond acceptors (Lipinski definition) is 7. The van der Waals surface area contributed by atoms with E-state index in [-0.39, 0.29) is 31.6 Å². The molecule has 1 saturated heterocycles. The molecule has 186 valence electrons. The van der Waals surface area contributed by atoms with Crippen molar-refractivity contribution >= 4 is 42.3 Å². The van der Waals surface area contributed by atoms with Crippen LogP contribution < -0.4 is 16.4 Å². The quantitative estimate of drug-likeness (QED) is 0.208. The van der Waals surface area contributed by atoms with Crippen LogP contribution in [0, 0.1) is 0 Å². The first kappa shape index (κ1) is 27.1. The predicted molar refractivity (Wildman–Crippen MR) is 125 cm³/mol. The van der Waals surface area contributed by atoms with Crippen LogP contribution in [0.2, 0.25) is 0 Å². The zero-order valence-electron chi connectivity index (χ0n) is 18.6. The van der Waals surface area contributed by atoms with Crippen LogP contribution in [0.3, 0.4) is 0 Å². The Morgan fingerprint density at radius 3 is 2.35 bits per heavy atom. The maximum absolute atomic E-state index is 13.1. The lowest BCUT2D eigenvalue weighted by Crippen LogP contribution is -2.57. The Hall–Kier alpha value is -3.12. The average molecular weight is 495 g/mol. The number of aliphatic carboxylic acids is 2. The maximum atomic E-state index is 13.1. The van der Waals surface area contributed by atoms with Crippen LogP contribution in [0.4, 0.5) is 0 Å². The van der Waals surface area contributed by atoms with Gasteiger partial charge >= 0.3 is 11.9 Å². The van der Waals surface area contributed by atoms with Crippen LogP contribution in [0.25, 0.3) is 0 Å². The summed E-state index contributed by atoms with van der Waals surface area (Å²) in [5.74, 6) is -4.24. The molecule has 1 fully saturated rings. The maximum Gasteiger partial charge on any atom is 0.327 e. The lowest BCUT2D eigenvalue weighted by molar-refractivity contribution is -0.143. The summed E-state index contributed by atoms with van der Waals surface area (Å²) in [6, 6.07) is 4.64. The van der Waals surface area contributed by atoms with E-state index in [2.05, 4.69) is 23.3 Å². The molecule has 1 aliphatic heterocycles. The Kier molecular flexibility index (Phi) is 10.3. The van der Waals surface area contributed by atoms with Crippen molar-refractivity contribution in [3.05, 3.63) is 35.9 Å². The van der Waals surface area contributed by atoms with Crippen molar-refractivity contribution in [1.29, 1.82) is 0 Å². The molecule has 6 N–H and O–H groups in total. The highest BCUT2D eigenvalue weighted by Crippen LogP contribution is 2.19. The van der Waals surface area contributed by atoms with Gasteiger partial charge in [-0.15, -0.1) is 0 Å². The van der Waals surface area contributed by atoms with Crippen molar-refractivity contribution in [3.63, 3.8) is 0 Å². The van der Waals surface area contributed by atoms with Gasteiger partial charge in [0.15, 0.2) is 0 Å². The van der Waals surface area contributed by atoms with E-state index < -0.39 is 53.8 Å². The standard InChI is InChI=1S/C22H30N4O7S/c23-14(8-9-18(27)28)21(31)26-10-4-7-17(26)20(30)24-15(11-13-5-2-1-3-6-13)19(29)25-16(12-34)22(32)33/h1-3,5-6,14-17,34H,4,7-12,23H2,(H,24,30)(H,25,29)(H,27,28)(H,32,33). The van der Waals surface area contributed by atoms with E-state index in [0.29, 0.717) is 12.8 Å². The summed E-state index contributed by atoms with van der Waals surface area (Å²) in [5, 5.41) is 23.1. The number of rotatable bonds is 12. The van der Waals surface area contributed by atoms with Gasteiger partial charge in [-0.1, -0.05) is 30.3 Å². The highest BCUT2D eigenvalue weighted by atomic mass is 32.1. The number of nitrogens with two attached hydrogens (primary N) is 1. The van der Waals surface area contributed by atoms with E-state index in [1.54, 1.807) is 30.3 Å². The highest BCUT2D eigenvalue weighted by molar-refractivity contribution is 7.80. The van der Waals surface area contributed by atoms with Crippen molar-refractivity contribution < 1.29 is 34.2 Å². The van der Waals surface area contributed by atoms with Crippen LogP contribution in [-0.2, 0) is 30.4 Å². The summed E-state index contributed by atoms with van der Waals surface area (Å²) >= 11 is 3.95. The molecule has 1 aliphatic rings. The first-order valence-corrected chi connectivity index (χ1v) is 11.5. The second-order valence-corrected chi connectivity index (χ2v) is 8.43. The Balaban J connectivity index is 2.14. The highest BCUT2D eigenvalue weighted by Gasteiger charge is 2.38. The minimum absolute atomic E-state index is 0.0572. The number of hydrogen-bond donors (Lipinski definition) is 6. The van der Waals surface area contributed by atoms with Gasteiger partial charge in [0.25, 0.3) is 0 Å². The number of carbonyl (C=O) groups excluding carboxylic acids is 3. The molecule has 1 heterocycles. The summed E-state index contributed by atoms with van der Waals surface area (Å²) in [5.41, 5.74) is 6.59. The summed E-state index contributed by atoms with van der Waals surface area (Å²) in [7, 11) is 0. The second kappa shape index (κ2) is 12.9. The molecular formula is C22H30N4O7S. The lowest BCUT2D eigenvalue weighted by atomic mass is 10.0. The van der Waals surface area contributed by atoms with E-state index in [0.717, 1.165) is 5.56 Å². The summed E-state index contributed by atoms with van der Waals surface area (Å²) in [4.78, 5) is 62.1. The number of nitrogens with zero attached hydrogens (tertiary/aromatic N) is 1. The average Bonchev–Trinajstić information content (AvgIpc) is 3.30. The number of thiol groups is 1. The zero-order chi connectivity index (χ0) is 25.3. The molecule has 0 aliphatic carbocycles. The minimum Gasteiger partial charge on any atom is -0.481 e. The fourth-order valence-electron chi connectivity index (χ4n) is 3.70. The fourth-order valence-corrected chi connectivity index (χ4v) is 3.95. The molecular weight excluding hydrogens is 464 g/mol. The van der Waals surface area contributed by atoms with E-state index in [1.807, 2.05) is 0 Å².